The Labute approximate surface area is 177 Å². The van der Waals surface area contributed by atoms with Crippen LogP contribution in [0.4, 0.5) is 11.4 Å². The van der Waals surface area contributed by atoms with Crippen molar-refractivity contribution in [3.63, 3.8) is 0 Å². The molecule has 0 bridgehead atoms. The van der Waals surface area contributed by atoms with Crippen LogP contribution in [0.1, 0.15) is 12.7 Å². The summed E-state index contributed by atoms with van der Waals surface area (Å²) in [7, 11) is -4.10. The van der Waals surface area contributed by atoms with E-state index in [4.69, 9.17) is 18.0 Å². The quantitative estimate of drug-likeness (QED) is 0.428. The largest absolute Gasteiger partial charge is 0.376 e. The average molecular weight is 447 g/mol. The number of anilines is 2. The molecule has 1 amide bonds. The van der Waals surface area contributed by atoms with E-state index in [1.807, 2.05) is 0 Å². The first-order chi connectivity index (χ1) is 14.1. The topological polar surface area (TPSA) is 148 Å². The van der Waals surface area contributed by atoms with Crippen LogP contribution in [0.3, 0.4) is 0 Å². The zero-order chi connectivity index (χ0) is 22.1. The number of carbonyl (C=O) groups is 1. The summed E-state index contributed by atoms with van der Waals surface area (Å²) in [5, 5.41) is 5.46. The second-order valence-electron chi connectivity index (χ2n) is 6.32. The van der Waals surface area contributed by atoms with E-state index in [1.165, 1.54) is 44.2 Å². The van der Waals surface area contributed by atoms with Crippen LogP contribution in [0.15, 0.2) is 52.2 Å². The number of carbonyl (C=O) groups excluding carboxylic acids is 1. The fraction of sp³-hybridized carbons (Fsp3) is 0.111. The molecule has 3 rings (SSSR count). The van der Waals surface area contributed by atoms with E-state index in [0.29, 0.717) is 16.9 Å². The number of hydrogen-bond acceptors (Lipinski definition) is 6. The Morgan fingerprint density at radius 1 is 1.10 bits per heavy atom. The summed E-state index contributed by atoms with van der Waals surface area (Å²) in [5.74, 6) is -0.126. The lowest BCUT2D eigenvalue weighted by molar-refractivity contribution is -0.114. The van der Waals surface area contributed by atoms with Gasteiger partial charge in [-0.1, -0.05) is 0 Å². The molecule has 12 heteroatoms. The van der Waals surface area contributed by atoms with E-state index in [0.717, 1.165) is 4.68 Å². The summed E-state index contributed by atoms with van der Waals surface area (Å²) < 4.78 is 26.4. The number of rotatable bonds is 5. The number of aryl methyl sites for hydroxylation is 1. The minimum Gasteiger partial charge on any atom is -0.376 e. The molecule has 1 heterocycles. The van der Waals surface area contributed by atoms with Crippen LogP contribution in [0.2, 0.25) is 0 Å². The molecule has 0 radical (unpaired) electrons. The van der Waals surface area contributed by atoms with Crippen molar-refractivity contribution >= 4 is 55.5 Å². The van der Waals surface area contributed by atoms with Crippen LogP contribution in [0.25, 0.3) is 10.9 Å². The van der Waals surface area contributed by atoms with Gasteiger partial charge in [0.25, 0.3) is 15.6 Å². The predicted octanol–water partition coefficient (Wildman–Crippen LogP) is 1.25. The molecule has 0 saturated carbocycles. The number of thiocarbonyl (C=S) groups is 1. The van der Waals surface area contributed by atoms with Gasteiger partial charge in [-0.25, -0.2) is 9.82 Å². The van der Waals surface area contributed by atoms with Gasteiger partial charge in [0.15, 0.2) is 5.11 Å². The molecule has 0 aliphatic rings. The Bertz CT molecular complexity index is 1320. The van der Waals surface area contributed by atoms with Gasteiger partial charge < -0.3 is 16.4 Å². The van der Waals surface area contributed by atoms with Crippen molar-refractivity contribution in [2.24, 2.45) is 5.73 Å². The van der Waals surface area contributed by atoms with Crippen molar-refractivity contribution in [1.82, 2.24) is 9.66 Å². The molecular weight excluding hydrogens is 428 g/mol. The summed E-state index contributed by atoms with van der Waals surface area (Å²) in [4.78, 5) is 30.5. The van der Waals surface area contributed by atoms with Gasteiger partial charge in [-0.3, -0.25) is 9.59 Å². The van der Waals surface area contributed by atoms with Crippen molar-refractivity contribution in [2.45, 2.75) is 18.7 Å². The highest BCUT2D eigenvalue weighted by molar-refractivity contribution is 7.92. The van der Waals surface area contributed by atoms with Crippen molar-refractivity contribution in [1.29, 1.82) is 0 Å². The molecule has 30 heavy (non-hydrogen) atoms. The molecule has 0 aliphatic heterocycles. The van der Waals surface area contributed by atoms with E-state index >= 15 is 0 Å². The third kappa shape index (κ3) is 4.55. The Hall–Kier alpha value is -3.51. The highest BCUT2D eigenvalue weighted by atomic mass is 32.2. The Morgan fingerprint density at radius 2 is 1.73 bits per heavy atom. The first-order valence-electron chi connectivity index (χ1n) is 8.57. The smallest absolute Gasteiger partial charge is 0.280 e. The second kappa shape index (κ2) is 8.08. The van der Waals surface area contributed by atoms with Gasteiger partial charge in [0.05, 0.1) is 15.8 Å². The van der Waals surface area contributed by atoms with Crippen LogP contribution in [-0.4, -0.2) is 29.1 Å². The lowest BCUT2D eigenvalue weighted by Crippen LogP contribution is -2.35. The number of sulfonamides is 1. The molecule has 3 aromatic rings. The van der Waals surface area contributed by atoms with E-state index in [1.54, 1.807) is 12.1 Å². The third-order valence-corrected chi connectivity index (χ3v) is 5.42. The molecule has 0 fully saturated rings. The van der Waals surface area contributed by atoms with Crippen LogP contribution >= 0.6 is 12.2 Å². The normalized spacial score (nSPS) is 11.1. The fourth-order valence-electron chi connectivity index (χ4n) is 2.72. The van der Waals surface area contributed by atoms with Gasteiger partial charge in [-0.05, 0) is 61.6 Å². The lowest BCUT2D eigenvalue weighted by Gasteiger charge is -2.14. The molecule has 10 nitrogen and oxygen atoms in total. The summed E-state index contributed by atoms with van der Waals surface area (Å²) in [5.41, 5.74) is 6.15. The number of fused-ring (bicyclic) bond motifs is 1. The molecular formula is C18H18N6O4S2. The molecule has 1 aromatic heterocycles. The predicted molar refractivity (Wildman–Crippen MR) is 118 cm³/mol. The summed E-state index contributed by atoms with van der Waals surface area (Å²) in [6, 6.07) is 10.2. The van der Waals surface area contributed by atoms with E-state index < -0.39 is 15.6 Å². The minimum absolute atomic E-state index is 0.0261. The summed E-state index contributed by atoms with van der Waals surface area (Å²) >= 11 is 4.79. The van der Waals surface area contributed by atoms with Gasteiger partial charge >= 0.3 is 0 Å². The summed E-state index contributed by atoms with van der Waals surface area (Å²) in [6.07, 6.45) is 0. The maximum absolute atomic E-state index is 12.9. The van der Waals surface area contributed by atoms with Crippen molar-refractivity contribution in [2.75, 3.05) is 15.5 Å². The maximum atomic E-state index is 12.9. The average Bonchev–Trinajstić information content (AvgIpc) is 2.65. The monoisotopic (exact) mass is 446 g/mol. The van der Waals surface area contributed by atoms with Crippen LogP contribution in [-0.2, 0) is 14.8 Å². The van der Waals surface area contributed by atoms with Crippen molar-refractivity contribution < 1.29 is 13.2 Å². The fourth-order valence-corrected chi connectivity index (χ4v) is 3.89. The number of nitrogens with one attached hydrogen (secondary N) is 3. The van der Waals surface area contributed by atoms with Gasteiger partial charge in [-0.2, -0.15) is 13.1 Å². The van der Waals surface area contributed by atoms with E-state index in [9.17, 15) is 18.0 Å². The zero-order valence-corrected chi connectivity index (χ0v) is 17.6. The highest BCUT2D eigenvalue weighted by Crippen LogP contribution is 2.17. The highest BCUT2D eigenvalue weighted by Gasteiger charge is 2.18. The number of nitrogens with two attached hydrogens (primary N) is 1. The lowest BCUT2D eigenvalue weighted by atomic mass is 10.2. The molecule has 0 unspecified atom stereocenters. The van der Waals surface area contributed by atoms with Crippen LogP contribution in [0, 0.1) is 6.92 Å². The molecule has 156 valence electrons. The van der Waals surface area contributed by atoms with Crippen molar-refractivity contribution in [3.05, 3.63) is 58.6 Å². The van der Waals surface area contributed by atoms with Gasteiger partial charge in [0.1, 0.15) is 5.82 Å². The second-order valence-corrected chi connectivity index (χ2v) is 8.42. The van der Waals surface area contributed by atoms with Gasteiger partial charge in [0.2, 0.25) is 5.91 Å². The van der Waals surface area contributed by atoms with Crippen molar-refractivity contribution in [3.8, 4) is 0 Å². The molecule has 0 saturated heterocycles. The van der Waals surface area contributed by atoms with Gasteiger partial charge in [-0.15, -0.1) is 0 Å². The molecule has 0 atom stereocenters. The maximum Gasteiger partial charge on any atom is 0.280 e. The number of hydrogen-bond donors (Lipinski definition) is 4. The number of nitrogens with zero attached hydrogens (tertiary/aromatic N) is 2. The zero-order valence-electron chi connectivity index (χ0n) is 16.0. The number of aromatic nitrogens is 2. The third-order valence-electron chi connectivity index (χ3n) is 4.00. The van der Waals surface area contributed by atoms with Gasteiger partial charge in [0, 0.05) is 18.3 Å². The molecule has 0 spiro atoms. The van der Waals surface area contributed by atoms with Crippen LogP contribution in [0.5, 0.6) is 0 Å². The van der Waals surface area contributed by atoms with Crippen LogP contribution < -0.4 is 26.8 Å². The summed E-state index contributed by atoms with van der Waals surface area (Å²) in [6.45, 7) is 2.85. The first kappa shape index (κ1) is 21.2. The molecule has 2 aromatic carbocycles. The standard InChI is InChI=1S/C18H18N6O4S2/c1-10-20-16-8-5-13(22-18(19)29)9-15(16)17(26)24(10)23-30(27,28)14-6-3-12(4-7-14)21-11(2)25/h3-9,23H,1-2H3,(H,21,25)(H3,19,22,29). The first-order valence-corrected chi connectivity index (χ1v) is 10.5. The van der Waals surface area contributed by atoms with E-state index in [2.05, 4.69) is 20.4 Å². The Morgan fingerprint density at radius 3 is 2.33 bits per heavy atom. The Kier molecular flexibility index (Phi) is 5.71. The Balaban J connectivity index is 2.00. The minimum atomic E-state index is -4.10. The number of benzene rings is 2. The molecule has 5 N–H and O–H groups in total. The molecule has 0 aliphatic carbocycles. The van der Waals surface area contributed by atoms with E-state index in [-0.39, 0.29) is 27.1 Å². The number of amides is 1. The SMILES string of the molecule is CC(=O)Nc1ccc(S(=O)(=O)Nn2c(C)nc3ccc(NC(N)=S)cc3c2=O)cc1.